The van der Waals surface area contributed by atoms with E-state index in [9.17, 15) is 13.2 Å². The molecule has 4 nitrogen and oxygen atoms in total. The Morgan fingerprint density at radius 1 is 1.15 bits per heavy atom. The van der Waals surface area contributed by atoms with Crippen molar-refractivity contribution in [3.8, 4) is 0 Å². The number of carbonyl (C=O) groups is 1. The van der Waals surface area contributed by atoms with Crippen molar-refractivity contribution < 1.29 is 13.2 Å². The van der Waals surface area contributed by atoms with E-state index in [1.54, 1.807) is 37.4 Å². The fourth-order valence-corrected chi connectivity index (χ4v) is 3.42. The van der Waals surface area contributed by atoms with Crippen LogP contribution in [0.3, 0.4) is 0 Å². The molecule has 0 heterocycles. The van der Waals surface area contributed by atoms with Crippen LogP contribution in [0.15, 0.2) is 40.8 Å². The molecule has 108 valence electrons. The Morgan fingerprint density at radius 3 is 2.40 bits per heavy atom. The summed E-state index contributed by atoms with van der Waals surface area (Å²) < 4.78 is 26.1. The second-order valence-electron chi connectivity index (χ2n) is 5.20. The Bertz CT molecular complexity index is 630. The first kappa shape index (κ1) is 14.9. The highest BCUT2D eigenvalue weighted by Gasteiger charge is 2.22. The van der Waals surface area contributed by atoms with E-state index in [-0.39, 0.29) is 17.2 Å². The molecule has 5 heteroatoms. The molecule has 1 aromatic carbocycles. The lowest BCUT2D eigenvalue weighted by atomic mass is 9.99. The van der Waals surface area contributed by atoms with E-state index in [2.05, 4.69) is 0 Å². The van der Waals surface area contributed by atoms with Crippen LogP contribution in [0.1, 0.15) is 24.8 Å². The van der Waals surface area contributed by atoms with Crippen LogP contribution in [0.5, 0.6) is 0 Å². The summed E-state index contributed by atoms with van der Waals surface area (Å²) in [5.41, 5.74) is 1.91. The predicted molar refractivity (Wildman–Crippen MR) is 77.9 cm³/mol. The van der Waals surface area contributed by atoms with E-state index < -0.39 is 10.0 Å². The second-order valence-corrected chi connectivity index (χ2v) is 7.24. The van der Waals surface area contributed by atoms with E-state index in [0.717, 1.165) is 24.0 Å². The maximum absolute atomic E-state index is 12.4. The zero-order valence-corrected chi connectivity index (χ0v) is 12.6. The van der Waals surface area contributed by atoms with Crippen LogP contribution in [0.25, 0.3) is 0 Å². The minimum atomic E-state index is -3.49. The van der Waals surface area contributed by atoms with E-state index in [4.69, 9.17) is 0 Å². The average molecular weight is 293 g/mol. The maximum atomic E-state index is 12.4. The number of benzene rings is 1. The summed E-state index contributed by atoms with van der Waals surface area (Å²) in [6, 6.07) is 6.79. The SMILES string of the molecule is Cc1ccc(S(=O)(=O)N(C)CC2=CC(=O)CCC2)cc1. The molecule has 0 saturated heterocycles. The molecule has 0 spiro atoms. The van der Waals surface area contributed by atoms with Crippen molar-refractivity contribution in [1.29, 1.82) is 0 Å². The van der Waals surface area contributed by atoms with Crippen molar-refractivity contribution in [3.63, 3.8) is 0 Å². The third kappa shape index (κ3) is 3.35. The van der Waals surface area contributed by atoms with Gasteiger partial charge in [-0.15, -0.1) is 0 Å². The standard InChI is InChI=1S/C15H19NO3S/c1-12-6-8-15(9-7-12)20(18,19)16(2)11-13-4-3-5-14(17)10-13/h6-10H,3-5,11H2,1-2H3. The fourth-order valence-electron chi connectivity index (χ4n) is 2.25. The molecule has 0 atom stereocenters. The highest BCUT2D eigenvalue weighted by Crippen LogP contribution is 2.20. The molecule has 0 unspecified atom stereocenters. The Morgan fingerprint density at radius 2 is 1.80 bits per heavy atom. The topological polar surface area (TPSA) is 54.5 Å². The van der Waals surface area contributed by atoms with Gasteiger partial charge in [0.05, 0.1) is 4.90 Å². The zero-order chi connectivity index (χ0) is 14.8. The predicted octanol–water partition coefficient (Wildman–Crippen LogP) is 2.29. The van der Waals surface area contributed by atoms with Gasteiger partial charge in [0, 0.05) is 20.0 Å². The number of ketones is 1. The lowest BCUT2D eigenvalue weighted by Gasteiger charge is -2.20. The summed E-state index contributed by atoms with van der Waals surface area (Å²) in [4.78, 5) is 11.7. The van der Waals surface area contributed by atoms with Gasteiger partial charge in [-0.2, -0.15) is 4.31 Å². The van der Waals surface area contributed by atoms with Crippen molar-refractivity contribution >= 4 is 15.8 Å². The summed E-state index contributed by atoms with van der Waals surface area (Å²) in [6.07, 6.45) is 3.76. The monoisotopic (exact) mass is 293 g/mol. The van der Waals surface area contributed by atoms with Gasteiger partial charge < -0.3 is 0 Å². The van der Waals surface area contributed by atoms with Crippen molar-refractivity contribution in [3.05, 3.63) is 41.5 Å². The third-order valence-electron chi connectivity index (χ3n) is 3.44. The quantitative estimate of drug-likeness (QED) is 0.856. The molecule has 20 heavy (non-hydrogen) atoms. The first-order valence-corrected chi connectivity index (χ1v) is 8.09. The van der Waals surface area contributed by atoms with Crippen LogP contribution in [0.2, 0.25) is 0 Å². The molecule has 0 amide bonds. The van der Waals surface area contributed by atoms with Crippen molar-refractivity contribution in [1.82, 2.24) is 4.31 Å². The van der Waals surface area contributed by atoms with Gasteiger partial charge >= 0.3 is 0 Å². The molecular formula is C15H19NO3S. The summed E-state index contributed by atoms with van der Waals surface area (Å²) in [6.45, 7) is 2.19. The smallest absolute Gasteiger partial charge is 0.243 e. The Kier molecular flexibility index (Phi) is 4.40. The lowest BCUT2D eigenvalue weighted by molar-refractivity contribution is -0.115. The first-order valence-electron chi connectivity index (χ1n) is 6.65. The Hall–Kier alpha value is -1.46. The number of hydrogen-bond donors (Lipinski definition) is 0. The van der Waals surface area contributed by atoms with Crippen LogP contribution in [0, 0.1) is 6.92 Å². The summed E-state index contributed by atoms with van der Waals surface area (Å²) in [5, 5.41) is 0. The van der Waals surface area contributed by atoms with Gasteiger partial charge in [0.2, 0.25) is 10.0 Å². The maximum Gasteiger partial charge on any atom is 0.243 e. The Labute approximate surface area is 120 Å². The minimum absolute atomic E-state index is 0.0902. The Balaban J connectivity index is 2.17. The van der Waals surface area contributed by atoms with Crippen molar-refractivity contribution in [2.45, 2.75) is 31.1 Å². The number of sulfonamides is 1. The average Bonchev–Trinajstić information content (AvgIpc) is 2.39. The lowest BCUT2D eigenvalue weighted by Crippen LogP contribution is -2.29. The first-order chi connectivity index (χ1) is 9.39. The summed E-state index contributed by atoms with van der Waals surface area (Å²) in [7, 11) is -1.94. The van der Waals surface area contributed by atoms with Gasteiger partial charge in [-0.05, 0) is 38.0 Å². The highest BCUT2D eigenvalue weighted by molar-refractivity contribution is 7.89. The van der Waals surface area contributed by atoms with E-state index in [1.807, 2.05) is 6.92 Å². The molecule has 2 rings (SSSR count). The number of hydrogen-bond acceptors (Lipinski definition) is 3. The van der Waals surface area contributed by atoms with Gasteiger partial charge in [-0.3, -0.25) is 4.79 Å². The van der Waals surface area contributed by atoms with Crippen molar-refractivity contribution in [2.75, 3.05) is 13.6 Å². The summed E-state index contributed by atoms with van der Waals surface area (Å²) in [5.74, 6) is 0.0902. The molecule has 0 radical (unpaired) electrons. The molecule has 0 fully saturated rings. The number of rotatable bonds is 4. The molecule has 0 aliphatic heterocycles. The summed E-state index contributed by atoms with van der Waals surface area (Å²) >= 11 is 0. The van der Waals surface area contributed by atoms with Gasteiger partial charge in [-0.1, -0.05) is 23.3 Å². The van der Waals surface area contributed by atoms with Crippen LogP contribution < -0.4 is 0 Å². The van der Waals surface area contributed by atoms with Crippen LogP contribution in [0.4, 0.5) is 0 Å². The number of aryl methyl sites for hydroxylation is 1. The molecule has 0 saturated carbocycles. The normalized spacial score (nSPS) is 16.4. The van der Waals surface area contributed by atoms with Gasteiger partial charge in [0.15, 0.2) is 5.78 Å². The van der Waals surface area contributed by atoms with Gasteiger partial charge in [0.25, 0.3) is 0 Å². The zero-order valence-electron chi connectivity index (χ0n) is 11.8. The van der Waals surface area contributed by atoms with Crippen molar-refractivity contribution in [2.24, 2.45) is 0 Å². The second kappa shape index (κ2) is 5.89. The highest BCUT2D eigenvalue weighted by atomic mass is 32.2. The number of allylic oxidation sites excluding steroid dienone is 1. The molecular weight excluding hydrogens is 274 g/mol. The number of likely N-dealkylation sites (N-methyl/N-ethyl adjacent to an activating group) is 1. The minimum Gasteiger partial charge on any atom is -0.295 e. The fraction of sp³-hybridized carbons (Fsp3) is 0.400. The number of nitrogens with zero attached hydrogens (tertiary/aromatic N) is 1. The molecule has 1 aliphatic rings. The molecule has 1 aliphatic carbocycles. The molecule has 1 aromatic rings. The van der Waals surface area contributed by atoms with E-state index in [1.165, 1.54) is 4.31 Å². The van der Waals surface area contributed by atoms with Gasteiger partial charge in [0.1, 0.15) is 0 Å². The number of carbonyl (C=O) groups excluding carboxylic acids is 1. The van der Waals surface area contributed by atoms with Gasteiger partial charge in [-0.25, -0.2) is 8.42 Å². The van der Waals surface area contributed by atoms with E-state index >= 15 is 0 Å². The van der Waals surface area contributed by atoms with Crippen LogP contribution in [-0.4, -0.2) is 32.1 Å². The van der Waals surface area contributed by atoms with E-state index in [0.29, 0.717) is 6.42 Å². The molecule has 0 bridgehead atoms. The van der Waals surface area contributed by atoms with Crippen LogP contribution >= 0.6 is 0 Å². The third-order valence-corrected chi connectivity index (χ3v) is 5.26. The molecule has 0 N–H and O–H groups in total. The largest absolute Gasteiger partial charge is 0.295 e. The van der Waals surface area contributed by atoms with Crippen LogP contribution in [-0.2, 0) is 14.8 Å². The molecule has 0 aromatic heterocycles.